The molecule has 4 rings (SSSR count). The van der Waals surface area contributed by atoms with Gasteiger partial charge < -0.3 is 10.0 Å². The molecule has 0 unspecified atom stereocenters. The Labute approximate surface area is 153 Å². The van der Waals surface area contributed by atoms with Gasteiger partial charge in [-0.25, -0.2) is 4.79 Å². The number of carboxylic acids is 1. The third kappa shape index (κ3) is 3.20. The van der Waals surface area contributed by atoms with E-state index in [1.165, 1.54) is 16.3 Å². The van der Waals surface area contributed by atoms with Gasteiger partial charge >= 0.3 is 5.97 Å². The second-order valence-electron chi connectivity index (χ2n) is 7.68. The molecular formula is C22H25NO3. The van der Waals surface area contributed by atoms with E-state index in [9.17, 15) is 14.7 Å². The Balaban J connectivity index is 1.38. The van der Waals surface area contributed by atoms with Crippen LogP contribution in [0.4, 0.5) is 0 Å². The van der Waals surface area contributed by atoms with Crippen molar-refractivity contribution in [1.82, 2.24) is 4.90 Å². The van der Waals surface area contributed by atoms with Crippen LogP contribution in [0.15, 0.2) is 42.5 Å². The zero-order chi connectivity index (χ0) is 18.1. The summed E-state index contributed by atoms with van der Waals surface area (Å²) in [4.78, 5) is 26.1. The fraction of sp³-hybridized carbons (Fsp3) is 0.455. The van der Waals surface area contributed by atoms with Crippen molar-refractivity contribution in [3.05, 3.63) is 48.0 Å². The highest BCUT2D eigenvalue weighted by molar-refractivity contribution is 5.85. The zero-order valence-electron chi connectivity index (χ0n) is 14.9. The molecule has 26 heavy (non-hydrogen) atoms. The number of nitrogens with zero attached hydrogens (tertiary/aromatic N) is 1. The van der Waals surface area contributed by atoms with Crippen LogP contribution in [0.5, 0.6) is 0 Å². The maximum absolute atomic E-state index is 12.8. The Morgan fingerprint density at radius 1 is 1.08 bits per heavy atom. The summed E-state index contributed by atoms with van der Waals surface area (Å²) in [5.74, 6) is -0.435. The lowest BCUT2D eigenvalue weighted by molar-refractivity contribution is -0.149. The summed E-state index contributed by atoms with van der Waals surface area (Å²) >= 11 is 0. The van der Waals surface area contributed by atoms with E-state index in [1.807, 2.05) is 12.1 Å². The average molecular weight is 351 g/mol. The van der Waals surface area contributed by atoms with Crippen LogP contribution in [-0.4, -0.2) is 34.0 Å². The molecule has 2 aromatic carbocycles. The van der Waals surface area contributed by atoms with Crippen LogP contribution >= 0.6 is 0 Å². The number of carbonyl (C=O) groups excluding carboxylic acids is 1. The van der Waals surface area contributed by atoms with Crippen LogP contribution in [0.1, 0.15) is 44.1 Å². The summed E-state index contributed by atoms with van der Waals surface area (Å²) in [6.45, 7) is 0. The molecule has 2 aromatic rings. The van der Waals surface area contributed by atoms with E-state index in [4.69, 9.17) is 0 Å². The van der Waals surface area contributed by atoms with Gasteiger partial charge in [0.2, 0.25) is 5.91 Å². The van der Waals surface area contributed by atoms with Gasteiger partial charge in [0.05, 0.1) is 0 Å². The molecule has 0 spiro atoms. The molecular weight excluding hydrogens is 326 g/mol. The van der Waals surface area contributed by atoms with Gasteiger partial charge in [0.15, 0.2) is 0 Å². The summed E-state index contributed by atoms with van der Waals surface area (Å²) in [6, 6.07) is 14.2. The maximum Gasteiger partial charge on any atom is 0.326 e. The zero-order valence-corrected chi connectivity index (χ0v) is 14.9. The molecule has 4 nitrogen and oxygen atoms in total. The van der Waals surface area contributed by atoms with Crippen LogP contribution in [0, 0.1) is 5.92 Å². The number of carboxylic acid groups (broad SMARTS) is 1. The molecule has 1 amide bonds. The van der Waals surface area contributed by atoms with E-state index in [0.717, 1.165) is 32.1 Å². The SMILES string of the molecule is O=C(O)[C@@H]1C[C@@H]2CCC[C@@H]2N1C(=O)CCCc1ccc2ccccc2c1. The molecule has 3 atom stereocenters. The van der Waals surface area contributed by atoms with E-state index in [1.54, 1.807) is 4.90 Å². The van der Waals surface area contributed by atoms with Gasteiger partial charge in [-0.05, 0) is 54.4 Å². The third-order valence-corrected chi connectivity index (χ3v) is 6.08. The number of aliphatic carboxylic acids is 1. The Kier molecular flexibility index (Phi) is 4.66. The standard InChI is InChI=1S/C22H25NO3/c24-21(23-19-9-4-8-18(19)14-20(23)22(25)26)10-3-5-15-11-12-16-6-1-2-7-17(16)13-15/h1-2,6-7,11-13,18-20H,3-5,8-10,14H2,(H,25,26)/t18-,19-,20-/m0/s1. The lowest BCUT2D eigenvalue weighted by Gasteiger charge is -2.27. The highest BCUT2D eigenvalue weighted by Crippen LogP contribution is 2.41. The summed E-state index contributed by atoms with van der Waals surface area (Å²) in [5.41, 5.74) is 1.23. The van der Waals surface area contributed by atoms with Crippen molar-refractivity contribution < 1.29 is 14.7 Å². The van der Waals surface area contributed by atoms with Crippen LogP contribution in [0.3, 0.4) is 0 Å². The molecule has 1 aliphatic heterocycles. The highest BCUT2D eigenvalue weighted by Gasteiger charge is 2.48. The van der Waals surface area contributed by atoms with Gasteiger partial charge in [0.25, 0.3) is 0 Å². The summed E-state index contributed by atoms with van der Waals surface area (Å²) in [5, 5.41) is 11.9. The second kappa shape index (κ2) is 7.10. The highest BCUT2D eigenvalue weighted by atomic mass is 16.4. The number of aryl methyl sites for hydroxylation is 1. The fourth-order valence-corrected chi connectivity index (χ4v) is 4.84. The third-order valence-electron chi connectivity index (χ3n) is 6.08. The number of fused-ring (bicyclic) bond motifs is 2. The van der Waals surface area contributed by atoms with Gasteiger partial charge in [-0.1, -0.05) is 48.9 Å². The first-order valence-corrected chi connectivity index (χ1v) is 9.65. The molecule has 2 aliphatic rings. The molecule has 1 saturated heterocycles. The van der Waals surface area contributed by atoms with E-state index < -0.39 is 12.0 Å². The average Bonchev–Trinajstić information content (AvgIpc) is 3.22. The normalized spacial score (nSPS) is 24.8. The predicted octanol–water partition coefficient (Wildman–Crippen LogP) is 4.02. The Morgan fingerprint density at radius 3 is 2.69 bits per heavy atom. The molecule has 1 N–H and O–H groups in total. The number of amides is 1. The minimum absolute atomic E-state index is 0.0209. The van der Waals surface area contributed by atoms with Gasteiger partial charge in [-0.3, -0.25) is 4.79 Å². The predicted molar refractivity (Wildman–Crippen MR) is 101 cm³/mol. The number of hydrogen-bond donors (Lipinski definition) is 1. The number of likely N-dealkylation sites (tertiary alicyclic amines) is 1. The Morgan fingerprint density at radius 2 is 1.88 bits per heavy atom. The maximum atomic E-state index is 12.8. The fourth-order valence-electron chi connectivity index (χ4n) is 4.84. The summed E-state index contributed by atoms with van der Waals surface area (Å²) in [6.07, 6.45) is 5.81. The van der Waals surface area contributed by atoms with Crippen molar-refractivity contribution >= 4 is 22.6 Å². The summed E-state index contributed by atoms with van der Waals surface area (Å²) in [7, 11) is 0. The quantitative estimate of drug-likeness (QED) is 0.885. The van der Waals surface area contributed by atoms with Crippen molar-refractivity contribution in [2.75, 3.05) is 0 Å². The number of carbonyl (C=O) groups is 2. The first kappa shape index (κ1) is 17.1. The Hall–Kier alpha value is -2.36. The van der Waals surface area contributed by atoms with Crippen LogP contribution in [0.25, 0.3) is 10.8 Å². The molecule has 136 valence electrons. The molecule has 0 aromatic heterocycles. The summed E-state index contributed by atoms with van der Waals surface area (Å²) < 4.78 is 0. The van der Waals surface area contributed by atoms with Gasteiger partial charge in [-0.15, -0.1) is 0 Å². The Bertz CT molecular complexity index is 831. The molecule has 0 radical (unpaired) electrons. The lowest BCUT2D eigenvalue weighted by atomic mass is 10.0. The van der Waals surface area contributed by atoms with Gasteiger partial charge in [0.1, 0.15) is 6.04 Å². The molecule has 2 fully saturated rings. The minimum atomic E-state index is -0.845. The molecule has 1 aliphatic carbocycles. The van der Waals surface area contributed by atoms with E-state index in [-0.39, 0.29) is 11.9 Å². The van der Waals surface area contributed by atoms with E-state index >= 15 is 0 Å². The number of benzene rings is 2. The monoisotopic (exact) mass is 351 g/mol. The van der Waals surface area contributed by atoms with E-state index in [2.05, 4.69) is 30.3 Å². The van der Waals surface area contributed by atoms with Crippen molar-refractivity contribution in [3.63, 3.8) is 0 Å². The second-order valence-corrected chi connectivity index (χ2v) is 7.68. The minimum Gasteiger partial charge on any atom is -0.480 e. The molecule has 0 bridgehead atoms. The van der Waals surface area contributed by atoms with Crippen molar-refractivity contribution in [2.24, 2.45) is 5.92 Å². The largest absolute Gasteiger partial charge is 0.480 e. The lowest BCUT2D eigenvalue weighted by Crippen LogP contribution is -2.44. The smallest absolute Gasteiger partial charge is 0.326 e. The van der Waals surface area contributed by atoms with Crippen LogP contribution in [0.2, 0.25) is 0 Å². The van der Waals surface area contributed by atoms with Gasteiger partial charge in [-0.2, -0.15) is 0 Å². The number of rotatable bonds is 5. The van der Waals surface area contributed by atoms with Crippen molar-refractivity contribution in [1.29, 1.82) is 0 Å². The van der Waals surface area contributed by atoms with Crippen LogP contribution < -0.4 is 0 Å². The first-order chi connectivity index (χ1) is 12.6. The molecule has 1 saturated carbocycles. The first-order valence-electron chi connectivity index (χ1n) is 9.65. The van der Waals surface area contributed by atoms with E-state index in [0.29, 0.717) is 18.8 Å². The van der Waals surface area contributed by atoms with Crippen molar-refractivity contribution in [3.8, 4) is 0 Å². The molecule has 1 heterocycles. The van der Waals surface area contributed by atoms with Crippen molar-refractivity contribution in [2.45, 2.75) is 57.0 Å². The van der Waals surface area contributed by atoms with Crippen LogP contribution in [-0.2, 0) is 16.0 Å². The van der Waals surface area contributed by atoms with Gasteiger partial charge in [0, 0.05) is 12.5 Å². The molecule has 4 heteroatoms. The number of hydrogen-bond acceptors (Lipinski definition) is 2. The topological polar surface area (TPSA) is 57.6 Å².